The second kappa shape index (κ2) is 8.94. The first-order chi connectivity index (χ1) is 7.06. The topological polar surface area (TPSA) is 30.5 Å². The number of hydrogen-bond acceptors (Lipinski definition) is 3. The van der Waals surface area contributed by atoms with Gasteiger partial charge in [-0.1, -0.05) is 0 Å². The summed E-state index contributed by atoms with van der Waals surface area (Å²) in [6, 6.07) is 0. The van der Waals surface area contributed by atoms with Crippen LogP contribution in [0.2, 0.25) is 0 Å². The van der Waals surface area contributed by atoms with Gasteiger partial charge in [0.25, 0.3) is 0 Å². The first kappa shape index (κ1) is 14.7. The van der Waals surface area contributed by atoms with E-state index in [0.29, 0.717) is 26.4 Å². The average molecular weight is 229 g/mol. The van der Waals surface area contributed by atoms with Crippen molar-refractivity contribution in [1.29, 1.82) is 0 Å². The molecular weight excluding hydrogens is 211 g/mol. The van der Waals surface area contributed by atoms with Crippen molar-refractivity contribution in [2.45, 2.75) is 19.0 Å². The van der Waals surface area contributed by atoms with Crippen LogP contribution in [-0.2, 0) is 9.47 Å². The summed E-state index contributed by atoms with van der Waals surface area (Å²) in [5.74, 6) is 0. The molecule has 0 aliphatic carbocycles. The molecule has 0 heterocycles. The Balaban J connectivity index is 2.99. The molecule has 15 heavy (non-hydrogen) atoms. The van der Waals surface area contributed by atoms with Crippen molar-refractivity contribution in [3.63, 3.8) is 0 Å². The van der Waals surface area contributed by atoms with Gasteiger partial charge >= 0.3 is 6.18 Å². The fourth-order valence-electron chi connectivity index (χ4n) is 0.907. The molecule has 0 fully saturated rings. The highest BCUT2D eigenvalue weighted by Crippen LogP contribution is 2.17. The van der Waals surface area contributed by atoms with Crippen LogP contribution >= 0.6 is 0 Å². The zero-order valence-corrected chi connectivity index (χ0v) is 8.90. The third-order valence-electron chi connectivity index (χ3n) is 1.65. The van der Waals surface area contributed by atoms with E-state index in [1.54, 1.807) is 7.11 Å². The van der Waals surface area contributed by atoms with Crippen molar-refractivity contribution in [3.8, 4) is 0 Å². The molecule has 0 spiro atoms. The maximum Gasteiger partial charge on any atom is 0.390 e. The van der Waals surface area contributed by atoms with Gasteiger partial charge in [0.2, 0.25) is 0 Å². The molecule has 0 atom stereocenters. The van der Waals surface area contributed by atoms with Crippen LogP contribution in [0.15, 0.2) is 0 Å². The van der Waals surface area contributed by atoms with Crippen LogP contribution < -0.4 is 5.32 Å². The number of alkyl halides is 3. The van der Waals surface area contributed by atoms with Crippen molar-refractivity contribution < 1.29 is 22.6 Å². The maximum atomic E-state index is 11.7. The van der Waals surface area contributed by atoms with Crippen LogP contribution in [0.4, 0.5) is 13.2 Å². The van der Waals surface area contributed by atoms with Crippen LogP contribution in [0.1, 0.15) is 12.8 Å². The Hall–Kier alpha value is -0.330. The predicted octanol–water partition coefficient (Wildman–Crippen LogP) is 1.58. The summed E-state index contributed by atoms with van der Waals surface area (Å²) in [5, 5.41) is 2.66. The summed E-state index contributed by atoms with van der Waals surface area (Å²) in [6.45, 7) is 2.05. The second-order valence-corrected chi connectivity index (χ2v) is 3.07. The molecule has 1 N–H and O–H groups in total. The molecule has 3 nitrogen and oxygen atoms in total. The number of halogens is 3. The van der Waals surface area contributed by atoms with Crippen molar-refractivity contribution in [3.05, 3.63) is 0 Å². The molecule has 0 rings (SSSR count). The highest BCUT2D eigenvalue weighted by atomic mass is 19.4. The largest absolute Gasteiger partial charge is 0.390 e. The van der Waals surface area contributed by atoms with Gasteiger partial charge in [0.15, 0.2) is 0 Å². The summed E-state index contributed by atoms with van der Waals surface area (Å²) in [7, 11) is 1.61. The molecule has 0 aromatic rings. The van der Waals surface area contributed by atoms with Crippen molar-refractivity contribution in [1.82, 2.24) is 5.32 Å². The van der Waals surface area contributed by atoms with Gasteiger partial charge in [-0.15, -0.1) is 0 Å². The molecule has 0 aromatic carbocycles. The number of ether oxygens (including phenoxy) is 2. The Morgan fingerprint density at radius 3 is 2.40 bits per heavy atom. The molecule has 6 heteroatoms. The minimum absolute atomic E-state index is 0.0507. The maximum absolute atomic E-state index is 11.7. The van der Waals surface area contributed by atoms with E-state index in [2.05, 4.69) is 5.32 Å². The summed E-state index contributed by atoms with van der Waals surface area (Å²) in [5.41, 5.74) is 0. The average Bonchev–Trinajstić information content (AvgIpc) is 2.14. The lowest BCUT2D eigenvalue weighted by molar-refractivity contribution is -0.133. The lowest BCUT2D eigenvalue weighted by Crippen LogP contribution is -2.25. The highest BCUT2D eigenvalue weighted by molar-refractivity contribution is 4.54. The standard InChI is InChI=1S/C9H18F3NO2/c1-14-6-2-7-15-8-5-13-4-3-9(10,11)12/h13H,2-8H2,1H3. The van der Waals surface area contributed by atoms with Gasteiger partial charge in [-0.25, -0.2) is 0 Å². The van der Waals surface area contributed by atoms with E-state index < -0.39 is 12.6 Å². The molecular formula is C9H18F3NO2. The quantitative estimate of drug-likeness (QED) is 0.609. The summed E-state index contributed by atoms with van der Waals surface area (Å²) >= 11 is 0. The van der Waals surface area contributed by atoms with Gasteiger partial charge in [-0.2, -0.15) is 13.2 Å². The number of hydrogen-bond donors (Lipinski definition) is 1. The first-order valence-electron chi connectivity index (χ1n) is 4.90. The predicted molar refractivity (Wildman–Crippen MR) is 50.9 cm³/mol. The van der Waals surface area contributed by atoms with Crippen molar-refractivity contribution >= 4 is 0 Å². The van der Waals surface area contributed by atoms with Crippen molar-refractivity contribution in [2.24, 2.45) is 0 Å². The molecule has 0 aliphatic rings. The van der Waals surface area contributed by atoms with Gasteiger partial charge in [0.05, 0.1) is 13.0 Å². The Kier molecular flexibility index (Phi) is 8.74. The number of rotatable bonds is 9. The zero-order valence-electron chi connectivity index (χ0n) is 8.90. The lowest BCUT2D eigenvalue weighted by Gasteiger charge is -2.08. The van der Waals surface area contributed by atoms with Crippen LogP contribution in [0.25, 0.3) is 0 Å². The van der Waals surface area contributed by atoms with E-state index >= 15 is 0 Å². The minimum Gasteiger partial charge on any atom is -0.385 e. The second-order valence-electron chi connectivity index (χ2n) is 3.07. The van der Waals surface area contributed by atoms with E-state index in [9.17, 15) is 13.2 Å². The minimum atomic E-state index is -4.08. The van der Waals surface area contributed by atoms with Gasteiger partial charge in [-0.3, -0.25) is 0 Å². The Labute approximate surface area is 87.9 Å². The monoisotopic (exact) mass is 229 g/mol. The smallest absolute Gasteiger partial charge is 0.385 e. The van der Waals surface area contributed by atoms with Crippen LogP contribution in [0, 0.1) is 0 Å². The van der Waals surface area contributed by atoms with E-state index in [0.717, 1.165) is 6.42 Å². The SMILES string of the molecule is COCCCOCCNCCC(F)(F)F. The van der Waals surface area contributed by atoms with Gasteiger partial charge in [0.1, 0.15) is 0 Å². The molecule has 0 radical (unpaired) electrons. The molecule has 0 unspecified atom stereocenters. The molecule has 0 saturated heterocycles. The van der Waals surface area contributed by atoms with E-state index in [1.165, 1.54) is 0 Å². The van der Waals surface area contributed by atoms with Crippen LogP contribution in [0.3, 0.4) is 0 Å². The fourth-order valence-corrected chi connectivity index (χ4v) is 0.907. The molecule has 0 bridgehead atoms. The highest BCUT2D eigenvalue weighted by Gasteiger charge is 2.25. The summed E-state index contributed by atoms with van der Waals surface area (Å²) in [6.07, 6.45) is -4.07. The van der Waals surface area contributed by atoms with Gasteiger partial charge < -0.3 is 14.8 Å². The summed E-state index contributed by atoms with van der Waals surface area (Å²) in [4.78, 5) is 0. The molecule has 92 valence electrons. The Morgan fingerprint density at radius 1 is 1.07 bits per heavy atom. The van der Waals surface area contributed by atoms with E-state index in [4.69, 9.17) is 9.47 Å². The summed E-state index contributed by atoms with van der Waals surface area (Å²) < 4.78 is 45.0. The fraction of sp³-hybridized carbons (Fsp3) is 1.00. The molecule has 0 saturated carbocycles. The van der Waals surface area contributed by atoms with Crippen LogP contribution in [-0.4, -0.2) is 46.2 Å². The first-order valence-corrected chi connectivity index (χ1v) is 4.90. The molecule has 0 aliphatic heterocycles. The third kappa shape index (κ3) is 13.7. The third-order valence-corrected chi connectivity index (χ3v) is 1.65. The van der Waals surface area contributed by atoms with Crippen LogP contribution in [0.5, 0.6) is 0 Å². The Morgan fingerprint density at radius 2 is 1.80 bits per heavy atom. The van der Waals surface area contributed by atoms with Gasteiger partial charge in [0, 0.05) is 33.4 Å². The number of nitrogens with one attached hydrogen (secondary N) is 1. The normalized spacial score (nSPS) is 12.0. The molecule has 0 amide bonds. The van der Waals surface area contributed by atoms with Crippen molar-refractivity contribution in [2.75, 3.05) is 40.0 Å². The number of methoxy groups -OCH3 is 1. The molecule has 0 aromatic heterocycles. The van der Waals surface area contributed by atoms with Gasteiger partial charge in [-0.05, 0) is 6.42 Å². The zero-order chi connectivity index (χ0) is 11.6. The lowest BCUT2D eigenvalue weighted by atomic mass is 10.4. The van der Waals surface area contributed by atoms with E-state index in [-0.39, 0.29) is 6.54 Å². The van der Waals surface area contributed by atoms with E-state index in [1.807, 2.05) is 0 Å². The Bertz CT molecular complexity index is 142.